The lowest BCUT2D eigenvalue weighted by molar-refractivity contribution is 0.146. The van der Waals surface area contributed by atoms with Crippen molar-refractivity contribution in [3.05, 3.63) is 30.3 Å². The van der Waals surface area contributed by atoms with E-state index in [1.165, 1.54) is 0 Å². The Morgan fingerprint density at radius 1 is 1.12 bits per heavy atom. The third kappa shape index (κ3) is 4.33. The topological polar surface area (TPSA) is 43.4 Å². The number of hydrogen-bond acceptors (Lipinski definition) is 3. The lowest BCUT2D eigenvalue weighted by Gasteiger charge is -2.05. The van der Waals surface area contributed by atoms with Crippen molar-refractivity contribution < 1.29 is 13.2 Å². The molecule has 0 amide bonds. The molecule has 16 heavy (non-hydrogen) atoms. The Kier molecular flexibility index (Phi) is 5.49. The minimum Gasteiger partial charge on any atom is -0.380 e. The van der Waals surface area contributed by atoms with E-state index < -0.39 is 9.84 Å². The second-order valence-electron chi connectivity index (χ2n) is 3.60. The van der Waals surface area contributed by atoms with E-state index in [0.29, 0.717) is 11.5 Å². The molecule has 0 aliphatic rings. The van der Waals surface area contributed by atoms with Crippen molar-refractivity contribution in [1.82, 2.24) is 0 Å². The normalized spacial score (nSPS) is 11.6. The summed E-state index contributed by atoms with van der Waals surface area (Å²) in [7, 11) is -3.17. The zero-order chi connectivity index (χ0) is 11.9. The summed E-state index contributed by atoms with van der Waals surface area (Å²) in [6.07, 6.45) is 2.04. The van der Waals surface area contributed by atoms with Crippen molar-refractivity contribution in [3.63, 3.8) is 0 Å². The molecule has 0 aliphatic carbocycles. The third-order valence-corrected chi connectivity index (χ3v) is 3.94. The van der Waals surface area contributed by atoms with Gasteiger partial charge >= 0.3 is 0 Å². The predicted molar refractivity (Wildman–Crippen MR) is 64.2 cm³/mol. The van der Waals surface area contributed by atoms with Crippen LogP contribution >= 0.6 is 0 Å². The highest BCUT2D eigenvalue weighted by atomic mass is 32.2. The van der Waals surface area contributed by atoms with Crippen molar-refractivity contribution in [2.45, 2.75) is 24.7 Å². The molecule has 0 bridgehead atoms. The fraction of sp³-hybridized carbons (Fsp3) is 0.500. The summed E-state index contributed by atoms with van der Waals surface area (Å²) < 4.78 is 28.8. The second kappa shape index (κ2) is 6.66. The highest BCUT2D eigenvalue weighted by molar-refractivity contribution is 7.91. The van der Waals surface area contributed by atoms with Gasteiger partial charge in [0.25, 0.3) is 0 Å². The van der Waals surface area contributed by atoms with Gasteiger partial charge in [-0.3, -0.25) is 0 Å². The van der Waals surface area contributed by atoms with Gasteiger partial charge in [-0.15, -0.1) is 0 Å². The molecule has 0 heterocycles. The first-order valence-corrected chi connectivity index (χ1v) is 7.17. The van der Waals surface area contributed by atoms with Gasteiger partial charge in [-0.2, -0.15) is 0 Å². The third-order valence-electron chi connectivity index (χ3n) is 2.24. The summed E-state index contributed by atoms with van der Waals surface area (Å²) in [5.74, 6) is 0.0563. The van der Waals surface area contributed by atoms with E-state index in [-0.39, 0.29) is 12.4 Å². The van der Waals surface area contributed by atoms with Crippen LogP contribution in [0.15, 0.2) is 35.2 Å². The quantitative estimate of drug-likeness (QED) is 0.689. The molecular weight excluding hydrogens is 224 g/mol. The molecule has 0 aromatic heterocycles. The Labute approximate surface area is 97.4 Å². The monoisotopic (exact) mass is 242 g/mol. The summed E-state index contributed by atoms with van der Waals surface area (Å²) in [5, 5.41) is 0. The molecule has 1 rings (SSSR count). The SMILES string of the molecule is CCCCOCCS(=O)(=O)c1ccccc1. The Morgan fingerprint density at radius 2 is 1.81 bits per heavy atom. The van der Waals surface area contributed by atoms with Gasteiger partial charge in [-0.25, -0.2) is 8.42 Å². The molecule has 0 atom stereocenters. The van der Waals surface area contributed by atoms with Crippen LogP contribution in [0.25, 0.3) is 0 Å². The number of ether oxygens (including phenoxy) is 1. The number of hydrogen-bond donors (Lipinski definition) is 0. The molecule has 0 unspecified atom stereocenters. The van der Waals surface area contributed by atoms with Gasteiger partial charge < -0.3 is 4.74 Å². The first-order chi connectivity index (χ1) is 7.67. The maximum Gasteiger partial charge on any atom is 0.180 e. The van der Waals surface area contributed by atoms with E-state index in [9.17, 15) is 8.42 Å². The standard InChI is InChI=1S/C12H18O3S/c1-2-3-9-15-10-11-16(13,14)12-7-5-4-6-8-12/h4-8H,2-3,9-11H2,1H3. The van der Waals surface area contributed by atoms with Gasteiger partial charge in [0, 0.05) is 6.61 Å². The van der Waals surface area contributed by atoms with E-state index in [0.717, 1.165) is 12.8 Å². The average Bonchev–Trinajstić information content (AvgIpc) is 2.30. The molecule has 0 saturated carbocycles. The lowest BCUT2D eigenvalue weighted by Crippen LogP contribution is -2.12. The zero-order valence-corrected chi connectivity index (χ0v) is 10.4. The molecular formula is C12H18O3S. The van der Waals surface area contributed by atoms with Crippen LogP contribution in [-0.4, -0.2) is 27.4 Å². The Hall–Kier alpha value is -0.870. The van der Waals surface area contributed by atoms with E-state index in [1.807, 2.05) is 0 Å². The lowest BCUT2D eigenvalue weighted by atomic mass is 10.4. The highest BCUT2D eigenvalue weighted by Gasteiger charge is 2.12. The van der Waals surface area contributed by atoms with E-state index in [2.05, 4.69) is 6.92 Å². The van der Waals surface area contributed by atoms with Crippen molar-refractivity contribution >= 4 is 9.84 Å². The molecule has 4 heteroatoms. The fourth-order valence-electron chi connectivity index (χ4n) is 1.26. The first-order valence-electron chi connectivity index (χ1n) is 5.52. The smallest absolute Gasteiger partial charge is 0.180 e. The molecule has 0 aliphatic heterocycles. The highest BCUT2D eigenvalue weighted by Crippen LogP contribution is 2.09. The van der Waals surface area contributed by atoms with E-state index in [1.54, 1.807) is 30.3 Å². The van der Waals surface area contributed by atoms with Crippen molar-refractivity contribution in [3.8, 4) is 0 Å². The summed E-state index contributed by atoms with van der Waals surface area (Å²) in [6, 6.07) is 8.48. The van der Waals surface area contributed by atoms with Crippen LogP contribution in [0.5, 0.6) is 0 Å². The Morgan fingerprint density at radius 3 is 2.44 bits per heavy atom. The van der Waals surface area contributed by atoms with Crippen LogP contribution in [0.3, 0.4) is 0 Å². The van der Waals surface area contributed by atoms with Crippen LogP contribution in [-0.2, 0) is 14.6 Å². The van der Waals surface area contributed by atoms with Crippen LogP contribution in [0.2, 0.25) is 0 Å². The van der Waals surface area contributed by atoms with E-state index in [4.69, 9.17) is 4.74 Å². The van der Waals surface area contributed by atoms with Gasteiger partial charge in [0.05, 0.1) is 17.3 Å². The molecule has 1 aromatic carbocycles. The van der Waals surface area contributed by atoms with Gasteiger partial charge in [-0.05, 0) is 18.6 Å². The fourth-order valence-corrected chi connectivity index (χ4v) is 2.41. The van der Waals surface area contributed by atoms with Gasteiger partial charge in [0.15, 0.2) is 9.84 Å². The van der Waals surface area contributed by atoms with Gasteiger partial charge in [0.2, 0.25) is 0 Å². The number of sulfone groups is 1. The molecule has 1 aromatic rings. The molecule has 0 saturated heterocycles. The molecule has 0 fully saturated rings. The molecule has 0 spiro atoms. The van der Waals surface area contributed by atoms with Gasteiger partial charge in [-0.1, -0.05) is 31.5 Å². The first kappa shape index (κ1) is 13.2. The summed E-state index contributed by atoms with van der Waals surface area (Å²) in [6.45, 7) is 2.99. The average molecular weight is 242 g/mol. The number of rotatable bonds is 7. The van der Waals surface area contributed by atoms with Crippen LogP contribution in [0.1, 0.15) is 19.8 Å². The second-order valence-corrected chi connectivity index (χ2v) is 5.71. The number of unbranched alkanes of at least 4 members (excludes halogenated alkanes) is 1. The van der Waals surface area contributed by atoms with Crippen molar-refractivity contribution in [1.29, 1.82) is 0 Å². The molecule has 0 radical (unpaired) electrons. The van der Waals surface area contributed by atoms with E-state index >= 15 is 0 Å². The van der Waals surface area contributed by atoms with Crippen LogP contribution in [0, 0.1) is 0 Å². The summed E-state index contributed by atoms with van der Waals surface area (Å²) in [4.78, 5) is 0.370. The van der Waals surface area contributed by atoms with Gasteiger partial charge in [0.1, 0.15) is 0 Å². The van der Waals surface area contributed by atoms with Crippen LogP contribution in [0.4, 0.5) is 0 Å². The van der Waals surface area contributed by atoms with Crippen LogP contribution < -0.4 is 0 Å². The Bertz CT molecular complexity index is 384. The maximum absolute atomic E-state index is 11.8. The maximum atomic E-state index is 11.8. The predicted octanol–water partition coefficient (Wildman–Crippen LogP) is 2.28. The minimum absolute atomic E-state index is 0.0563. The largest absolute Gasteiger partial charge is 0.380 e. The van der Waals surface area contributed by atoms with Crippen molar-refractivity contribution in [2.75, 3.05) is 19.0 Å². The zero-order valence-electron chi connectivity index (χ0n) is 9.56. The van der Waals surface area contributed by atoms with Crippen molar-refractivity contribution in [2.24, 2.45) is 0 Å². The summed E-state index contributed by atoms with van der Waals surface area (Å²) in [5.41, 5.74) is 0. The molecule has 3 nitrogen and oxygen atoms in total. The number of benzene rings is 1. The molecule has 90 valence electrons. The molecule has 0 N–H and O–H groups in total. The summed E-state index contributed by atoms with van der Waals surface area (Å²) >= 11 is 0. The Balaban J connectivity index is 2.41. The minimum atomic E-state index is -3.17.